The Labute approximate surface area is 102 Å². The molecule has 0 amide bonds. The van der Waals surface area contributed by atoms with Crippen LogP contribution in [-0.2, 0) is 0 Å². The summed E-state index contributed by atoms with van der Waals surface area (Å²) in [5.41, 5.74) is 1.08. The zero-order valence-electron chi connectivity index (χ0n) is 9.70. The third kappa shape index (κ3) is 3.52. The van der Waals surface area contributed by atoms with E-state index in [1.807, 2.05) is 24.3 Å². The fourth-order valence-corrected chi connectivity index (χ4v) is 2.00. The zero-order valence-corrected chi connectivity index (χ0v) is 10.5. The van der Waals surface area contributed by atoms with E-state index < -0.39 is 0 Å². The molecule has 0 fully saturated rings. The molecule has 0 spiro atoms. The van der Waals surface area contributed by atoms with Crippen molar-refractivity contribution in [2.75, 3.05) is 0 Å². The van der Waals surface area contributed by atoms with Gasteiger partial charge in [0.1, 0.15) is 0 Å². The summed E-state index contributed by atoms with van der Waals surface area (Å²) in [5.74, 6) is 0. The fraction of sp³-hybridized carbons (Fsp3) is 0.462. The zero-order chi connectivity index (χ0) is 12.0. The van der Waals surface area contributed by atoms with Crippen LogP contribution in [0.4, 0.5) is 0 Å². The van der Waals surface area contributed by atoms with E-state index in [0.29, 0.717) is 6.42 Å². The van der Waals surface area contributed by atoms with E-state index >= 15 is 0 Å². The summed E-state index contributed by atoms with van der Waals surface area (Å²) >= 11 is 6.12. The first kappa shape index (κ1) is 13.0. The van der Waals surface area contributed by atoms with Crippen LogP contribution in [0.2, 0.25) is 5.02 Å². The second kappa shape index (κ2) is 6.52. The van der Waals surface area contributed by atoms with Gasteiger partial charge in [0.15, 0.2) is 0 Å². The molecule has 2 nitrogen and oxygen atoms in total. The lowest BCUT2D eigenvalue weighted by atomic mass is 10.1. The van der Waals surface area contributed by atoms with Crippen molar-refractivity contribution in [3.8, 4) is 6.07 Å². The van der Waals surface area contributed by atoms with Gasteiger partial charge < -0.3 is 5.32 Å². The molecule has 0 heterocycles. The quantitative estimate of drug-likeness (QED) is 0.847. The summed E-state index contributed by atoms with van der Waals surface area (Å²) in [5, 5.41) is 12.9. The van der Waals surface area contributed by atoms with Crippen molar-refractivity contribution in [1.29, 1.82) is 5.26 Å². The lowest BCUT2D eigenvalue weighted by Gasteiger charge is -2.21. The van der Waals surface area contributed by atoms with Crippen LogP contribution in [0.25, 0.3) is 0 Å². The SMILES string of the molecule is CCC(CC#N)N[C@H](C)c1ccccc1Cl. The van der Waals surface area contributed by atoms with E-state index in [1.165, 1.54) is 0 Å². The van der Waals surface area contributed by atoms with Crippen molar-refractivity contribution in [3.63, 3.8) is 0 Å². The monoisotopic (exact) mass is 236 g/mol. The number of rotatable bonds is 5. The first-order chi connectivity index (χ1) is 7.69. The van der Waals surface area contributed by atoms with Gasteiger partial charge in [0.25, 0.3) is 0 Å². The Balaban J connectivity index is 2.68. The molecule has 0 bridgehead atoms. The molecular formula is C13H17ClN2. The van der Waals surface area contributed by atoms with Crippen molar-refractivity contribution < 1.29 is 0 Å². The molecule has 2 atom stereocenters. The topological polar surface area (TPSA) is 35.8 Å². The van der Waals surface area contributed by atoms with E-state index in [0.717, 1.165) is 17.0 Å². The lowest BCUT2D eigenvalue weighted by Crippen LogP contribution is -2.30. The van der Waals surface area contributed by atoms with Crippen molar-refractivity contribution in [3.05, 3.63) is 34.9 Å². The second-order valence-corrected chi connectivity index (χ2v) is 4.28. The maximum absolute atomic E-state index is 8.69. The Morgan fingerprint density at radius 1 is 1.44 bits per heavy atom. The Hall–Kier alpha value is -1.04. The number of benzene rings is 1. The van der Waals surface area contributed by atoms with Crippen LogP contribution < -0.4 is 5.32 Å². The third-order valence-electron chi connectivity index (χ3n) is 2.69. The Morgan fingerprint density at radius 3 is 2.69 bits per heavy atom. The fourth-order valence-electron chi connectivity index (χ4n) is 1.70. The maximum atomic E-state index is 8.69. The van der Waals surface area contributed by atoms with Crippen LogP contribution >= 0.6 is 11.6 Å². The van der Waals surface area contributed by atoms with Crippen LogP contribution in [-0.4, -0.2) is 6.04 Å². The van der Waals surface area contributed by atoms with Crippen LogP contribution in [0.1, 0.15) is 38.3 Å². The van der Waals surface area contributed by atoms with E-state index in [2.05, 4.69) is 25.2 Å². The molecule has 1 aromatic rings. The summed E-state index contributed by atoms with van der Waals surface area (Å²) < 4.78 is 0. The first-order valence-corrected chi connectivity index (χ1v) is 5.94. The van der Waals surface area contributed by atoms with Gasteiger partial charge in [-0.15, -0.1) is 0 Å². The molecule has 0 aliphatic carbocycles. The Morgan fingerprint density at radius 2 is 2.12 bits per heavy atom. The maximum Gasteiger partial charge on any atom is 0.0638 e. The highest BCUT2D eigenvalue weighted by molar-refractivity contribution is 6.31. The molecule has 1 N–H and O–H groups in total. The van der Waals surface area contributed by atoms with Gasteiger partial charge in [0.05, 0.1) is 12.5 Å². The summed E-state index contributed by atoms with van der Waals surface area (Å²) in [6.45, 7) is 4.15. The van der Waals surface area contributed by atoms with Gasteiger partial charge in [-0.3, -0.25) is 0 Å². The van der Waals surface area contributed by atoms with Gasteiger partial charge in [0, 0.05) is 17.1 Å². The van der Waals surface area contributed by atoms with Crippen molar-refractivity contribution in [2.45, 2.75) is 38.8 Å². The first-order valence-electron chi connectivity index (χ1n) is 5.56. The molecule has 0 aromatic heterocycles. The predicted molar refractivity (Wildman–Crippen MR) is 67.3 cm³/mol. The van der Waals surface area contributed by atoms with Gasteiger partial charge in [-0.25, -0.2) is 0 Å². The summed E-state index contributed by atoms with van der Waals surface area (Å²) in [4.78, 5) is 0. The number of hydrogen-bond acceptors (Lipinski definition) is 2. The van der Waals surface area contributed by atoms with E-state index in [1.54, 1.807) is 0 Å². The van der Waals surface area contributed by atoms with E-state index in [4.69, 9.17) is 16.9 Å². The minimum atomic E-state index is 0.173. The van der Waals surface area contributed by atoms with Crippen molar-refractivity contribution in [1.82, 2.24) is 5.32 Å². The number of nitrogens with zero attached hydrogens (tertiary/aromatic N) is 1. The van der Waals surface area contributed by atoms with Crippen molar-refractivity contribution >= 4 is 11.6 Å². The van der Waals surface area contributed by atoms with E-state index in [-0.39, 0.29) is 12.1 Å². The van der Waals surface area contributed by atoms with Crippen LogP contribution in [0.3, 0.4) is 0 Å². The number of nitriles is 1. The van der Waals surface area contributed by atoms with Crippen LogP contribution in [0.15, 0.2) is 24.3 Å². The normalized spacial score (nSPS) is 14.1. The molecule has 0 saturated heterocycles. The average molecular weight is 237 g/mol. The molecule has 0 saturated carbocycles. The second-order valence-electron chi connectivity index (χ2n) is 3.88. The average Bonchev–Trinajstić information content (AvgIpc) is 2.28. The predicted octanol–water partition coefficient (Wildman–Crippen LogP) is 3.68. The van der Waals surface area contributed by atoms with Crippen molar-refractivity contribution in [2.24, 2.45) is 0 Å². The minimum absolute atomic E-state index is 0.173. The Bertz CT molecular complexity index is 370. The highest BCUT2D eigenvalue weighted by Crippen LogP contribution is 2.22. The molecule has 1 unspecified atom stereocenters. The molecule has 0 radical (unpaired) electrons. The standard InChI is InChI=1S/C13H17ClN2/c1-3-11(8-9-15)16-10(2)12-6-4-5-7-13(12)14/h4-7,10-11,16H,3,8H2,1-2H3/t10-,11?/m1/s1. The van der Waals surface area contributed by atoms with Gasteiger partial charge in [0.2, 0.25) is 0 Å². The summed E-state index contributed by atoms with van der Waals surface area (Å²) in [6, 6.07) is 10.4. The van der Waals surface area contributed by atoms with E-state index in [9.17, 15) is 0 Å². The van der Waals surface area contributed by atoms with Crippen LogP contribution in [0, 0.1) is 11.3 Å². The number of hydrogen-bond donors (Lipinski definition) is 1. The molecule has 86 valence electrons. The molecule has 16 heavy (non-hydrogen) atoms. The van der Waals surface area contributed by atoms with Gasteiger partial charge >= 0.3 is 0 Å². The highest BCUT2D eigenvalue weighted by Gasteiger charge is 2.13. The Kier molecular flexibility index (Phi) is 5.31. The minimum Gasteiger partial charge on any atom is -0.306 e. The number of nitrogens with one attached hydrogen (secondary N) is 1. The molecular weight excluding hydrogens is 220 g/mol. The molecule has 3 heteroatoms. The smallest absolute Gasteiger partial charge is 0.0638 e. The molecule has 1 aromatic carbocycles. The lowest BCUT2D eigenvalue weighted by molar-refractivity contribution is 0.448. The van der Waals surface area contributed by atoms with Gasteiger partial charge in [-0.05, 0) is 25.0 Å². The molecule has 0 aliphatic rings. The van der Waals surface area contributed by atoms with Gasteiger partial charge in [-0.1, -0.05) is 36.7 Å². The summed E-state index contributed by atoms with van der Waals surface area (Å²) in [7, 11) is 0. The summed E-state index contributed by atoms with van der Waals surface area (Å²) in [6.07, 6.45) is 1.48. The highest BCUT2D eigenvalue weighted by atomic mass is 35.5. The van der Waals surface area contributed by atoms with Gasteiger partial charge in [-0.2, -0.15) is 5.26 Å². The molecule has 1 rings (SSSR count). The number of halogens is 1. The molecule has 0 aliphatic heterocycles. The van der Waals surface area contributed by atoms with Crippen LogP contribution in [0.5, 0.6) is 0 Å². The third-order valence-corrected chi connectivity index (χ3v) is 3.03. The largest absolute Gasteiger partial charge is 0.306 e.